The van der Waals surface area contributed by atoms with Crippen molar-refractivity contribution in [3.63, 3.8) is 0 Å². The van der Waals surface area contributed by atoms with Gasteiger partial charge in [-0.15, -0.1) is 0 Å². The van der Waals surface area contributed by atoms with Gasteiger partial charge >= 0.3 is 0 Å². The van der Waals surface area contributed by atoms with Gasteiger partial charge in [0.25, 0.3) is 5.91 Å². The summed E-state index contributed by atoms with van der Waals surface area (Å²) in [5.74, 6) is -0.446. The lowest BCUT2D eigenvalue weighted by Crippen LogP contribution is -2.14. The van der Waals surface area contributed by atoms with Crippen LogP contribution in [-0.4, -0.2) is 22.8 Å². The average molecular weight is 425 g/mol. The summed E-state index contributed by atoms with van der Waals surface area (Å²) in [7, 11) is 1.49. The number of hydrogen-bond donors (Lipinski definition) is 1. The van der Waals surface area contributed by atoms with Crippen molar-refractivity contribution in [2.24, 2.45) is 0 Å². The molecule has 0 saturated carbocycles. The molecule has 6 nitrogen and oxygen atoms in total. The Kier molecular flexibility index (Phi) is 6.50. The van der Waals surface area contributed by atoms with E-state index in [-0.39, 0.29) is 16.5 Å². The second kappa shape index (κ2) is 9.25. The summed E-state index contributed by atoms with van der Waals surface area (Å²) in [5, 5.41) is 16.8. The Hall–Kier alpha value is -3.63. The standard InChI is InChI=1S/C22H18ClFN4O2/c1-14-18(21(23)28(27-14)13-15-7-9-17(24)10-8-15)11-16(12-25)22(29)26-19-5-3-4-6-20(19)30-2/h3-11H,13H2,1-2H3,(H,26,29)/b16-11+. The number of carbonyl (C=O) groups excluding carboxylic acids is 1. The number of ether oxygens (including phenoxy) is 1. The lowest BCUT2D eigenvalue weighted by atomic mass is 10.1. The third kappa shape index (κ3) is 4.67. The third-order valence-electron chi connectivity index (χ3n) is 4.36. The van der Waals surface area contributed by atoms with Gasteiger partial charge in [0.05, 0.1) is 25.0 Å². The number of nitrogens with zero attached hydrogens (tertiary/aromatic N) is 3. The summed E-state index contributed by atoms with van der Waals surface area (Å²) in [6, 6.07) is 14.8. The number of nitrogens with one attached hydrogen (secondary N) is 1. The SMILES string of the molecule is COc1ccccc1NC(=O)/C(C#N)=C/c1c(C)nn(Cc2ccc(F)cc2)c1Cl. The zero-order chi connectivity index (χ0) is 21.7. The smallest absolute Gasteiger partial charge is 0.266 e. The van der Waals surface area contributed by atoms with E-state index < -0.39 is 5.91 Å². The van der Waals surface area contributed by atoms with Crippen LogP contribution in [0.15, 0.2) is 54.1 Å². The Bertz CT molecular complexity index is 1150. The molecule has 3 rings (SSSR count). The second-order valence-electron chi connectivity index (χ2n) is 6.40. The zero-order valence-corrected chi connectivity index (χ0v) is 17.1. The van der Waals surface area contributed by atoms with E-state index in [0.717, 1.165) is 5.56 Å². The number of methoxy groups -OCH3 is 1. The average Bonchev–Trinajstić information content (AvgIpc) is 3.00. The molecule has 0 atom stereocenters. The van der Waals surface area contributed by atoms with Crippen LogP contribution in [0.1, 0.15) is 16.8 Å². The molecule has 30 heavy (non-hydrogen) atoms. The van der Waals surface area contributed by atoms with Crippen LogP contribution in [0.25, 0.3) is 6.08 Å². The number of benzene rings is 2. The molecule has 2 aromatic carbocycles. The van der Waals surface area contributed by atoms with E-state index in [1.807, 2.05) is 6.07 Å². The van der Waals surface area contributed by atoms with Gasteiger partial charge in [-0.2, -0.15) is 10.4 Å². The minimum absolute atomic E-state index is 0.132. The Labute approximate surface area is 178 Å². The highest BCUT2D eigenvalue weighted by molar-refractivity contribution is 6.31. The van der Waals surface area contributed by atoms with Crippen molar-refractivity contribution < 1.29 is 13.9 Å². The van der Waals surface area contributed by atoms with Crippen LogP contribution in [0.4, 0.5) is 10.1 Å². The number of anilines is 1. The van der Waals surface area contributed by atoms with Gasteiger partial charge in [-0.1, -0.05) is 35.9 Å². The summed E-state index contributed by atoms with van der Waals surface area (Å²) in [4.78, 5) is 12.6. The van der Waals surface area contributed by atoms with Crippen LogP contribution in [0, 0.1) is 24.1 Å². The van der Waals surface area contributed by atoms with Crippen molar-refractivity contribution in [2.45, 2.75) is 13.5 Å². The predicted octanol–water partition coefficient (Wildman–Crippen LogP) is 4.59. The van der Waals surface area contributed by atoms with Crippen molar-refractivity contribution in [1.29, 1.82) is 5.26 Å². The maximum absolute atomic E-state index is 13.1. The van der Waals surface area contributed by atoms with Crippen LogP contribution in [0.5, 0.6) is 5.75 Å². The molecule has 1 aromatic heterocycles. The van der Waals surface area contributed by atoms with Crippen LogP contribution in [-0.2, 0) is 11.3 Å². The predicted molar refractivity (Wildman–Crippen MR) is 113 cm³/mol. The number of rotatable bonds is 6. The monoisotopic (exact) mass is 424 g/mol. The molecular weight excluding hydrogens is 407 g/mol. The normalized spacial score (nSPS) is 11.1. The van der Waals surface area contributed by atoms with Gasteiger partial charge in [0.15, 0.2) is 0 Å². The van der Waals surface area contributed by atoms with Crippen molar-refractivity contribution in [3.8, 4) is 11.8 Å². The van der Waals surface area contributed by atoms with Crippen molar-refractivity contribution in [2.75, 3.05) is 12.4 Å². The Morgan fingerprint density at radius 2 is 2.00 bits per heavy atom. The first-order chi connectivity index (χ1) is 14.4. The van der Waals surface area contributed by atoms with Gasteiger partial charge in [-0.3, -0.25) is 4.79 Å². The number of carbonyl (C=O) groups is 1. The van der Waals surface area contributed by atoms with Gasteiger partial charge in [-0.05, 0) is 42.8 Å². The van der Waals surface area contributed by atoms with E-state index in [2.05, 4.69) is 10.4 Å². The number of para-hydroxylation sites is 2. The Morgan fingerprint density at radius 3 is 2.67 bits per heavy atom. The molecule has 0 radical (unpaired) electrons. The summed E-state index contributed by atoms with van der Waals surface area (Å²) in [6.07, 6.45) is 1.40. The maximum atomic E-state index is 13.1. The van der Waals surface area contributed by atoms with Crippen LogP contribution < -0.4 is 10.1 Å². The molecule has 0 spiro atoms. The molecule has 1 heterocycles. The van der Waals surface area contributed by atoms with Crippen molar-refractivity contribution in [3.05, 3.63) is 81.9 Å². The van der Waals surface area contributed by atoms with Crippen molar-refractivity contribution >= 4 is 29.3 Å². The van der Waals surface area contributed by atoms with Gasteiger partial charge in [0.2, 0.25) is 0 Å². The molecule has 152 valence electrons. The highest BCUT2D eigenvalue weighted by atomic mass is 35.5. The van der Waals surface area contributed by atoms with E-state index in [1.54, 1.807) is 43.3 Å². The molecule has 0 bridgehead atoms. The largest absolute Gasteiger partial charge is 0.495 e. The quantitative estimate of drug-likeness (QED) is 0.463. The summed E-state index contributed by atoms with van der Waals surface area (Å²) in [6.45, 7) is 2.05. The lowest BCUT2D eigenvalue weighted by Gasteiger charge is -2.09. The summed E-state index contributed by atoms with van der Waals surface area (Å²) in [5.41, 5.74) is 2.14. The Morgan fingerprint density at radius 1 is 1.30 bits per heavy atom. The van der Waals surface area contributed by atoms with Crippen LogP contribution in [0.3, 0.4) is 0 Å². The molecule has 1 amide bonds. The number of hydrogen-bond acceptors (Lipinski definition) is 4. The summed E-state index contributed by atoms with van der Waals surface area (Å²) < 4.78 is 19.8. The molecular formula is C22H18ClFN4O2. The molecule has 0 unspecified atom stereocenters. The van der Waals surface area contributed by atoms with Crippen LogP contribution in [0.2, 0.25) is 5.15 Å². The number of aromatic nitrogens is 2. The number of aryl methyl sites for hydroxylation is 1. The van der Waals surface area contributed by atoms with Crippen LogP contribution >= 0.6 is 11.6 Å². The van der Waals surface area contributed by atoms with E-state index in [4.69, 9.17) is 16.3 Å². The Balaban J connectivity index is 1.86. The fourth-order valence-electron chi connectivity index (χ4n) is 2.83. The molecule has 8 heteroatoms. The first-order valence-electron chi connectivity index (χ1n) is 8.96. The fourth-order valence-corrected chi connectivity index (χ4v) is 3.12. The van der Waals surface area contributed by atoms with Gasteiger partial charge in [0.1, 0.15) is 28.4 Å². The molecule has 0 aliphatic carbocycles. The molecule has 0 saturated heterocycles. The van der Waals surface area contributed by atoms with Gasteiger partial charge in [-0.25, -0.2) is 9.07 Å². The maximum Gasteiger partial charge on any atom is 0.266 e. The van der Waals surface area contributed by atoms with Crippen molar-refractivity contribution in [1.82, 2.24) is 9.78 Å². The number of nitriles is 1. The number of halogens is 2. The zero-order valence-electron chi connectivity index (χ0n) is 16.3. The highest BCUT2D eigenvalue weighted by Crippen LogP contribution is 2.26. The molecule has 3 aromatic rings. The topological polar surface area (TPSA) is 79.9 Å². The van der Waals surface area contributed by atoms with E-state index in [9.17, 15) is 14.4 Å². The van der Waals surface area contributed by atoms with E-state index in [1.165, 1.54) is 30.0 Å². The second-order valence-corrected chi connectivity index (χ2v) is 6.76. The fraction of sp³-hybridized carbons (Fsp3) is 0.136. The van der Waals surface area contributed by atoms with Gasteiger partial charge in [0, 0.05) is 5.56 Å². The summed E-state index contributed by atoms with van der Waals surface area (Å²) >= 11 is 6.45. The lowest BCUT2D eigenvalue weighted by molar-refractivity contribution is -0.112. The highest BCUT2D eigenvalue weighted by Gasteiger charge is 2.17. The molecule has 0 aliphatic heterocycles. The first kappa shape index (κ1) is 21.1. The minimum Gasteiger partial charge on any atom is -0.495 e. The minimum atomic E-state index is -0.594. The first-order valence-corrected chi connectivity index (χ1v) is 9.34. The molecule has 1 N–H and O–H groups in total. The van der Waals surface area contributed by atoms with E-state index in [0.29, 0.717) is 29.2 Å². The number of amides is 1. The third-order valence-corrected chi connectivity index (χ3v) is 4.76. The molecule has 0 aliphatic rings. The molecule has 0 fully saturated rings. The van der Waals surface area contributed by atoms with Gasteiger partial charge < -0.3 is 10.1 Å². The van der Waals surface area contributed by atoms with E-state index >= 15 is 0 Å².